The fourth-order valence-electron chi connectivity index (χ4n) is 1.51. The lowest BCUT2D eigenvalue weighted by Gasteiger charge is -2.15. The smallest absolute Gasteiger partial charge is 0.237 e. The molecule has 14 heavy (non-hydrogen) atoms. The van der Waals surface area contributed by atoms with Gasteiger partial charge in [-0.25, -0.2) is 4.98 Å². The molecule has 0 saturated carbocycles. The molecule has 1 aromatic rings. The van der Waals surface area contributed by atoms with Gasteiger partial charge in [0, 0.05) is 13.0 Å². The minimum Gasteiger partial charge on any atom is -0.308 e. The van der Waals surface area contributed by atoms with Gasteiger partial charge in [-0.15, -0.1) is 0 Å². The Balaban J connectivity index is 2.36. The van der Waals surface area contributed by atoms with Crippen LogP contribution in [-0.4, -0.2) is 17.4 Å². The number of hydrogen-bond donors (Lipinski definition) is 0. The highest BCUT2D eigenvalue weighted by Crippen LogP contribution is 2.24. The molecule has 0 radical (unpaired) electrons. The Bertz CT molecular complexity index is 383. The number of aromatic nitrogens is 1. The topological polar surface area (TPSA) is 33.2 Å². The standard InChI is InChI=1S/C9H8BrFN2O/c10-7-4-3-6(9(11)12-7)13-5-1-2-8(13)14/h3-4H,1-2,5H2. The summed E-state index contributed by atoms with van der Waals surface area (Å²) in [5.74, 6) is -0.636. The molecule has 2 heterocycles. The first-order valence-corrected chi connectivity index (χ1v) is 5.10. The zero-order valence-electron chi connectivity index (χ0n) is 7.33. The van der Waals surface area contributed by atoms with E-state index in [4.69, 9.17) is 0 Å². The van der Waals surface area contributed by atoms with E-state index in [1.165, 1.54) is 4.90 Å². The lowest BCUT2D eigenvalue weighted by atomic mass is 10.4. The number of anilines is 1. The molecule has 0 spiro atoms. The van der Waals surface area contributed by atoms with Gasteiger partial charge < -0.3 is 4.90 Å². The molecule has 1 aromatic heterocycles. The Kier molecular flexibility index (Phi) is 2.50. The van der Waals surface area contributed by atoms with Crippen LogP contribution in [0.5, 0.6) is 0 Å². The van der Waals surface area contributed by atoms with Gasteiger partial charge in [0.2, 0.25) is 11.9 Å². The molecule has 0 aromatic carbocycles. The number of rotatable bonds is 1. The van der Waals surface area contributed by atoms with E-state index in [1.54, 1.807) is 12.1 Å². The summed E-state index contributed by atoms with van der Waals surface area (Å²) in [6, 6.07) is 3.19. The normalized spacial score (nSPS) is 16.4. The third-order valence-corrected chi connectivity index (χ3v) is 2.60. The number of halogens is 2. The number of hydrogen-bond acceptors (Lipinski definition) is 2. The molecule has 3 nitrogen and oxygen atoms in total. The maximum atomic E-state index is 13.3. The zero-order chi connectivity index (χ0) is 10.1. The Morgan fingerprint density at radius 1 is 1.50 bits per heavy atom. The molecule has 1 fully saturated rings. The van der Waals surface area contributed by atoms with Crippen LogP contribution in [-0.2, 0) is 4.79 Å². The van der Waals surface area contributed by atoms with Gasteiger partial charge in [-0.05, 0) is 34.5 Å². The number of pyridine rings is 1. The van der Waals surface area contributed by atoms with E-state index in [-0.39, 0.29) is 11.6 Å². The van der Waals surface area contributed by atoms with Crippen molar-refractivity contribution in [1.82, 2.24) is 4.98 Å². The summed E-state index contributed by atoms with van der Waals surface area (Å²) >= 11 is 3.07. The van der Waals surface area contributed by atoms with Gasteiger partial charge in [0.05, 0.1) is 5.69 Å². The summed E-state index contributed by atoms with van der Waals surface area (Å²) in [6.45, 7) is 0.582. The van der Waals surface area contributed by atoms with E-state index in [9.17, 15) is 9.18 Å². The molecule has 0 unspecified atom stereocenters. The summed E-state index contributed by atoms with van der Waals surface area (Å²) < 4.78 is 13.8. The number of nitrogens with zero attached hydrogens (tertiary/aromatic N) is 2. The molecule has 1 aliphatic heterocycles. The first-order valence-electron chi connectivity index (χ1n) is 4.31. The first kappa shape index (κ1) is 9.58. The SMILES string of the molecule is O=C1CCCN1c1ccc(Br)nc1F. The van der Waals surface area contributed by atoms with E-state index in [2.05, 4.69) is 20.9 Å². The minimum absolute atomic E-state index is 0.0342. The van der Waals surface area contributed by atoms with Crippen LogP contribution in [0, 0.1) is 5.95 Å². The summed E-state index contributed by atoms with van der Waals surface area (Å²) in [7, 11) is 0. The summed E-state index contributed by atoms with van der Waals surface area (Å²) in [5.41, 5.74) is 0.274. The van der Waals surface area contributed by atoms with Crippen molar-refractivity contribution in [2.24, 2.45) is 0 Å². The number of carbonyl (C=O) groups is 1. The molecule has 2 rings (SSSR count). The quantitative estimate of drug-likeness (QED) is 0.723. The minimum atomic E-state index is -0.602. The fourth-order valence-corrected chi connectivity index (χ4v) is 1.80. The van der Waals surface area contributed by atoms with Gasteiger partial charge in [-0.3, -0.25) is 4.79 Å². The van der Waals surface area contributed by atoms with Crippen molar-refractivity contribution in [2.45, 2.75) is 12.8 Å². The third-order valence-electron chi connectivity index (χ3n) is 2.16. The largest absolute Gasteiger partial charge is 0.308 e. The van der Waals surface area contributed by atoms with Crippen LogP contribution in [0.1, 0.15) is 12.8 Å². The average Bonchev–Trinajstić information content (AvgIpc) is 2.52. The monoisotopic (exact) mass is 258 g/mol. The van der Waals surface area contributed by atoms with Crippen LogP contribution in [0.3, 0.4) is 0 Å². The highest BCUT2D eigenvalue weighted by atomic mass is 79.9. The first-order chi connectivity index (χ1) is 6.68. The summed E-state index contributed by atoms with van der Waals surface area (Å²) in [5, 5.41) is 0. The van der Waals surface area contributed by atoms with E-state index >= 15 is 0 Å². The highest BCUT2D eigenvalue weighted by Gasteiger charge is 2.24. The zero-order valence-corrected chi connectivity index (χ0v) is 8.92. The number of amides is 1. The van der Waals surface area contributed by atoms with Crippen molar-refractivity contribution in [1.29, 1.82) is 0 Å². The second kappa shape index (κ2) is 3.65. The van der Waals surface area contributed by atoms with Crippen LogP contribution in [0.15, 0.2) is 16.7 Å². The van der Waals surface area contributed by atoms with E-state index in [0.717, 1.165) is 6.42 Å². The van der Waals surface area contributed by atoms with Crippen molar-refractivity contribution < 1.29 is 9.18 Å². The maximum absolute atomic E-state index is 13.3. The second-order valence-corrected chi connectivity index (χ2v) is 3.91. The van der Waals surface area contributed by atoms with Crippen LogP contribution in [0.4, 0.5) is 10.1 Å². The molecular formula is C9H8BrFN2O. The highest BCUT2D eigenvalue weighted by molar-refractivity contribution is 9.10. The third kappa shape index (κ3) is 1.64. The molecule has 1 aliphatic rings. The van der Waals surface area contributed by atoms with E-state index in [1.807, 2.05) is 0 Å². The fraction of sp³-hybridized carbons (Fsp3) is 0.333. The Labute approximate surface area is 89.1 Å². The molecule has 0 N–H and O–H groups in total. The van der Waals surface area contributed by atoms with Crippen LogP contribution >= 0.6 is 15.9 Å². The molecule has 0 bridgehead atoms. The molecular weight excluding hydrogens is 251 g/mol. The maximum Gasteiger partial charge on any atom is 0.237 e. The van der Waals surface area contributed by atoms with Gasteiger partial charge in [0.1, 0.15) is 4.60 Å². The molecule has 1 saturated heterocycles. The molecule has 1 amide bonds. The van der Waals surface area contributed by atoms with Gasteiger partial charge in [-0.2, -0.15) is 4.39 Å². The van der Waals surface area contributed by atoms with Crippen LogP contribution in [0.2, 0.25) is 0 Å². The predicted octanol–water partition coefficient (Wildman–Crippen LogP) is 2.11. The van der Waals surface area contributed by atoms with Crippen molar-refractivity contribution in [3.63, 3.8) is 0 Å². The van der Waals surface area contributed by atoms with E-state index < -0.39 is 5.95 Å². The van der Waals surface area contributed by atoms with Crippen LogP contribution in [0.25, 0.3) is 0 Å². The van der Waals surface area contributed by atoms with Gasteiger partial charge in [0.25, 0.3) is 0 Å². The van der Waals surface area contributed by atoms with Gasteiger partial charge in [-0.1, -0.05) is 0 Å². The Morgan fingerprint density at radius 2 is 2.29 bits per heavy atom. The lowest BCUT2D eigenvalue weighted by Crippen LogP contribution is -2.25. The molecule has 5 heteroatoms. The summed E-state index contributed by atoms with van der Waals surface area (Å²) in [4.78, 5) is 16.4. The summed E-state index contributed by atoms with van der Waals surface area (Å²) in [6.07, 6.45) is 1.28. The van der Waals surface area contributed by atoms with Crippen molar-refractivity contribution in [3.05, 3.63) is 22.7 Å². The predicted molar refractivity (Wildman–Crippen MR) is 53.5 cm³/mol. The Morgan fingerprint density at radius 3 is 2.86 bits per heavy atom. The van der Waals surface area contributed by atoms with Crippen molar-refractivity contribution >= 4 is 27.5 Å². The van der Waals surface area contributed by atoms with Crippen molar-refractivity contribution in [2.75, 3.05) is 11.4 Å². The van der Waals surface area contributed by atoms with Gasteiger partial charge >= 0.3 is 0 Å². The Hall–Kier alpha value is -0.970. The van der Waals surface area contributed by atoms with Crippen molar-refractivity contribution in [3.8, 4) is 0 Å². The number of carbonyl (C=O) groups excluding carboxylic acids is 1. The molecule has 0 atom stereocenters. The molecule has 0 aliphatic carbocycles. The lowest BCUT2D eigenvalue weighted by molar-refractivity contribution is -0.117. The second-order valence-electron chi connectivity index (χ2n) is 3.09. The molecule has 74 valence electrons. The average molecular weight is 259 g/mol. The van der Waals surface area contributed by atoms with Gasteiger partial charge in [0.15, 0.2) is 0 Å². The van der Waals surface area contributed by atoms with Crippen LogP contribution < -0.4 is 4.90 Å². The van der Waals surface area contributed by atoms with E-state index in [0.29, 0.717) is 17.6 Å².